The van der Waals surface area contributed by atoms with E-state index in [0.717, 1.165) is 51.8 Å². The van der Waals surface area contributed by atoms with E-state index in [2.05, 4.69) is 54.9 Å². The van der Waals surface area contributed by atoms with Gasteiger partial charge in [0.15, 0.2) is 14.5 Å². The van der Waals surface area contributed by atoms with Crippen molar-refractivity contribution in [1.82, 2.24) is 9.78 Å². The molecule has 0 N–H and O–H groups in total. The smallest absolute Gasteiger partial charge is 0.191 e. The molecule has 3 rings (SSSR count). The van der Waals surface area contributed by atoms with Gasteiger partial charge in [-0.1, -0.05) is 32.4 Å². The number of benzene rings is 1. The molecule has 1 aliphatic rings. The summed E-state index contributed by atoms with van der Waals surface area (Å²) in [6.45, 7) is 12.8. The average molecular weight is 474 g/mol. The van der Waals surface area contributed by atoms with Crippen molar-refractivity contribution < 1.29 is 9.16 Å². The standard InChI is InChI=1S/C20H30BrClN2O2Si/c1-20(2,3)27(4,5)26-11-9-14-16(22)12-17-15(19(14)21)13-23-24(17)18-8-6-7-10-25-18/h12-13,18H,6-11H2,1-5H3. The molecule has 1 aromatic heterocycles. The monoisotopic (exact) mass is 472 g/mol. The number of nitrogens with zero attached hydrogens (tertiary/aromatic N) is 2. The summed E-state index contributed by atoms with van der Waals surface area (Å²) < 4.78 is 15.2. The fourth-order valence-corrected chi connectivity index (χ4v) is 5.33. The van der Waals surface area contributed by atoms with E-state index in [4.69, 9.17) is 20.8 Å². The first-order valence-electron chi connectivity index (χ1n) is 9.71. The van der Waals surface area contributed by atoms with Gasteiger partial charge < -0.3 is 9.16 Å². The van der Waals surface area contributed by atoms with Crippen LogP contribution in [-0.4, -0.2) is 31.3 Å². The third kappa shape index (κ3) is 4.45. The lowest BCUT2D eigenvalue weighted by molar-refractivity contribution is -0.0366. The molecule has 0 bridgehead atoms. The maximum Gasteiger partial charge on any atom is 0.191 e. The van der Waals surface area contributed by atoms with Crippen molar-refractivity contribution in [3.63, 3.8) is 0 Å². The molecule has 0 aliphatic carbocycles. The van der Waals surface area contributed by atoms with Crippen molar-refractivity contribution in [2.45, 2.75) is 70.8 Å². The molecule has 1 aromatic carbocycles. The Morgan fingerprint density at radius 1 is 1.37 bits per heavy atom. The number of fused-ring (bicyclic) bond motifs is 1. The first kappa shape index (κ1) is 21.3. The van der Waals surface area contributed by atoms with Crippen molar-refractivity contribution >= 4 is 46.8 Å². The van der Waals surface area contributed by atoms with E-state index in [9.17, 15) is 0 Å². The third-order valence-corrected chi connectivity index (χ3v) is 11.7. The molecule has 1 saturated heterocycles. The van der Waals surface area contributed by atoms with Gasteiger partial charge in [-0.05, 0) is 71.4 Å². The molecule has 0 amide bonds. The number of rotatable bonds is 5. The lowest BCUT2D eigenvalue weighted by Gasteiger charge is -2.36. The van der Waals surface area contributed by atoms with Crippen molar-refractivity contribution in [1.29, 1.82) is 0 Å². The van der Waals surface area contributed by atoms with Crippen molar-refractivity contribution in [2.75, 3.05) is 13.2 Å². The Kier molecular flexibility index (Phi) is 6.43. The van der Waals surface area contributed by atoms with E-state index in [1.807, 2.05) is 16.9 Å². The number of hydrogen-bond acceptors (Lipinski definition) is 3. The highest BCUT2D eigenvalue weighted by molar-refractivity contribution is 9.10. The third-order valence-electron chi connectivity index (χ3n) is 5.94. The van der Waals surface area contributed by atoms with Gasteiger partial charge >= 0.3 is 0 Å². The fourth-order valence-electron chi connectivity index (χ4n) is 3.16. The van der Waals surface area contributed by atoms with Crippen LogP contribution in [0.4, 0.5) is 0 Å². The fraction of sp³-hybridized carbons (Fsp3) is 0.650. The lowest BCUT2D eigenvalue weighted by atomic mass is 10.1. The van der Waals surface area contributed by atoms with E-state index in [1.54, 1.807) is 0 Å². The van der Waals surface area contributed by atoms with Gasteiger partial charge in [-0.2, -0.15) is 5.10 Å². The molecule has 0 saturated carbocycles. The maximum absolute atomic E-state index is 6.66. The first-order valence-corrected chi connectivity index (χ1v) is 13.8. The van der Waals surface area contributed by atoms with Crippen LogP contribution in [0.1, 0.15) is 51.8 Å². The van der Waals surface area contributed by atoms with E-state index >= 15 is 0 Å². The highest BCUT2D eigenvalue weighted by atomic mass is 79.9. The van der Waals surface area contributed by atoms with Gasteiger partial charge in [0.2, 0.25) is 0 Å². The molecule has 1 atom stereocenters. The quantitative estimate of drug-likeness (QED) is 0.452. The van der Waals surface area contributed by atoms with E-state index < -0.39 is 8.32 Å². The molecule has 1 aliphatic heterocycles. The van der Waals surface area contributed by atoms with Crippen molar-refractivity contribution in [3.05, 3.63) is 27.3 Å². The molecule has 1 unspecified atom stereocenters. The van der Waals surface area contributed by atoms with Gasteiger partial charge in [-0.3, -0.25) is 0 Å². The topological polar surface area (TPSA) is 36.3 Å². The summed E-state index contributed by atoms with van der Waals surface area (Å²) in [6, 6.07) is 2.02. The molecule has 2 aromatic rings. The zero-order valence-corrected chi connectivity index (χ0v) is 20.3. The molecule has 2 heterocycles. The second-order valence-corrected chi connectivity index (χ2v) is 14.9. The summed E-state index contributed by atoms with van der Waals surface area (Å²) in [4.78, 5) is 0. The normalized spacial score (nSPS) is 19.0. The molecular formula is C20H30BrClN2O2Si. The molecule has 1 fully saturated rings. The molecule has 27 heavy (non-hydrogen) atoms. The Labute approximate surface area is 176 Å². The molecular weight excluding hydrogens is 444 g/mol. The van der Waals surface area contributed by atoms with Gasteiger partial charge in [0.1, 0.15) is 0 Å². The number of aromatic nitrogens is 2. The maximum atomic E-state index is 6.66. The van der Waals surface area contributed by atoms with E-state index in [0.29, 0.717) is 6.61 Å². The van der Waals surface area contributed by atoms with Crippen LogP contribution in [-0.2, 0) is 15.6 Å². The first-order chi connectivity index (χ1) is 12.6. The van der Waals surface area contributed by atoms with E-state index in [-0.39, 0.29) is 11.3 Å². The predicted octanol–water partition coefficient (Wildman–Crippen LogP) is 6.72. The highest BCUT2D eigenvalue weighted by Gasteiger charge is 2.37. The highest BCUT2D eigenvalue weighted by Crippen LogP contribution is 2.38. The van der Waals surface area contributed by atoms with E-state index in [1.165, 1.54) is 6.42 Å². The minimum Gasteiger partial charge on any atom is -0.416 e. The zero-order valence-electron chi connectivity index (χ0n) is 16.9. The van der Waals surface area contributed by atoms with Gasteiger partial charge in [-0.15, -0.1) is 0 Å². The van der Waals surface area contributed by atoms with Crippen LogP contribution in [0.2, 0.25) is 23.2 Å². The largest absolute Gasteiger partial charge is 0.416 e. The molecule has 150 valence electrons. The SMILES string of the molecule is CC(C)(C)[Si](C)(C)OCCc1c(Cl)cc2c(cnn2C2CCCCO2)c1Br. The molecule has 0 radical (unpaired) electrons. The Bertz CT molecular complexity index is 810. The Morgan fingerprint density at radius 2 is 2.11 bits per heavy atom. The number of hydrogen-bond donors (Lipinski definition) is 0. The van der Waals surface area contributed by atoms with Gasteiger partial charge in [0, 0.05) is 28.1 Å². The molecule has 7 heteroatoms. The summed E-state index contributed by atoms with van der Waals surface area (Å²) in [5.41, 5.74) is 2.11. The Balaban J connectivity index is 1.81. The summed E-state index contributed by atoms with van der Waals surface area (Å²) in [7, 11) is -1.76. The number of ether oxygens (including phenoxy) is 1. The van der Waals surface area contributed by atoms with Crippen molar-refractivity contribution in [3.8, 4) is 0 Å². The predicted molar refractivity (Wildman–Crippen MR) is 118 cm³/mol. The van der Waals surface area contributed by atoms with Crippen LogP contribution >= 0.6 is 27.5 Å². The summed E-state index contributed by atoms with van der Waals surface area (Å²) in [5, 5.41) is 6.63. The average Bonchev–Trinajstić information content (AvgIpc) is 3.01. The summed E-state index contributed by atoms with van der Waals surface area (Å²) >= 11 is 10.4. The minimum absolute atomic E-state index is 0.00647. The van der Waals surface area contributed by atoms with Crippen LogP contribution in [0, 0.1) is 0 Å². The van der Waals surface area contributed by atoms with Gasteiger partial charge in [0.05, 0.1) is 11.7 Å². The lowest BCUT2D eigenvalue weighted by Crippen LogP contribution is -2.41. The number of halogens is 2. The molecule has 4 nitrogen and oxygen atoms in total. The minimum atomic E-state index is -1.76. The van der Waals surface area contributed by atoms with Crippen LogP contribution in [0.5, 0.6) is 0 Å². The second-order valence-electron chi connectivity index (χ2n) is 8.85. The van der Waals surface area contributed by atoms with Gasteiger partial charge in [-0.25, -0.2) is 4.68 Å². The van der Waals surface area contributed by atoms with Crippen LogP contribution in [0.3, 0.4) is 0 Å². The van der Waals surface area contributed by atoms with Crippen LogP contribution in [0.15, 0.2) is 16.7 Å². The summed E-state index contributed by atoms with van der Waals surface area (Å²) in [5.74, 6) is 0. The summed E-state index contributed by atoms with van der Waals surface area (Å²) in [6.07, 6.45) is 5.99. The van der Waals surface area contributed by atoms with Crippen molar-refractivity contribution in [2.24, 2.45) is 0 Å². The zero-order chi connectivity index (χ0) is 19.8. The second kappa shape index (κ2) is 8.15. The van der Waals surface area contributed by atoms with Gasteiger partial charge in [0.25, 0.3) is 0 Å². The van der Waals surface area contributed by atoms with Crippen LogP contribution in [0.25, 0.3) is 10.9 Å². The Hall–Kier alpha value is -0.403. The Morgan fingerprint density at radius 3 is 2.74 bits per heavy atom. The molecule has 0 spiro atoms. The van der Waals surface area contributed by atoms with Crippen LogP contribution < -0.4 is 0 Å².